The molecule has 178 valence electrons. The van der Waals surface area contributed by atoms with Gasteiger partial charge in [-0.1, -0.05) is 19.3 Å². The number of benzene rings is 1. The van der Waals surface area contributed by atoms with E-state index in [9.17, 15) is 8.42 Å². The molecule has 1 aliphatic rings. The second-order valence-corrected chi connectivity index (χ2v) is 10.3. The number of thiazole rings is 1. The molecule has 1 saturated carbocycles. The summed E-state index contributed by atoms with van der Waals surface area (Å²) >= 11 is 1.21. The molecular formula is C21H23N7O4S2. The summed E-state index contributed by atoms with van der Waals surface area (Å²) in [5.41, 5.74) is 1.63. The molecule has 0 unspecified atom stereocenters. The van der Waals surface area contributed by atoms with Crippen LogP contribution in [0.3, 0.4) is 0 Å². The first-order valence-electron chi connectivity index (χ1n) is 10.8. The smallest absolute Gasteiger partial charge is 0.263 e. The average Bonchev–Trinajstić information content (AvgIpc) is 3.52. The van der Waals surface area contributed by atoms with E-state index >= 15 is 0 Å². The third kappa shape index (κ3) is 5.26. The molecule has 1 aromatic carbocycles. The van der Waals surface area contributed by atoms with Crippen LogP contribution in [0.4, 0.5) is 16.8 Å². The van der Waals surface area contributed by atoms with Gasteiger partial charge in [-0.25, -0.2) is 18.4 Å². The Morgan fingerprint density at radius 3 is 2.68 bits per heavy atom. The first-order valence-corrected chi connectivity index (χ1v) is 13.2. The SMILES string of the molecule is O=S(=O)(Nc1nccs1)c1ccc(Nc2nc(OCOC3CCCCC3)c3nc[nH]c3n2)cc1. The quantitative estimate of drug-likeness (QED) is 0.289. The molecule has 0 radical (unpaired) electrons. The Morgan fingerprint density at radius 1 is 1.09 bits per heavy atom. The Labute approximate surface area is 200 Å². The van der Waals surface area contributed by atoms with Crippen molar-refractivity contribution >= 4 is 49.3 Å². The Kier molecular flexibility index (Phi) is 6.56. The summed E-state index contributed by atoms with van der Waals surface area (Å²) in [6.45, 7) is 0.0851. The monoisotopic (exact) mass is 501 g/mol. The number of rotatable bonds is 9. The lowest BCUT2D eigenvalue weighted by atomic mass is 9.98. The first kappa shape index (κ1) is 22.5. The number of ether oxygens (including phenoxy) is 2. The fraction of sp³-hybridized carbons (Fsp3) is 0.333. The van der Waals surface area contributed by atoms with Crippen molar-refractivity contribution in [1.29, 1.82) is 0 Å². The van der Waals surface area contributed by atoms with Gasteiger partial charge in [0.2, 0.25) is 11.8 Å². The molecule has 0 saturated heterocycles. The van der Waals surface area contributed by atoms with E-state index in [1.54, 1.807) is 17.5 Å². The van der Waals surface area contributed by atoms with E-state index in [4.69, 9.17) is 9.47 Å². The molecule has 4 aromatic rings. The summed E-state index contributed by atoms with van der Waals surface area (Å²) in [4.78, 5) is 20.1. The summed E-state index contributed by atoms with van der Waals surface area (Å²) in [7, 11) is -3.73. The fourth-order valence-electron chi connectivity index (χ4n) is 3.68. The van der Waals surface area contributed by atoms with Crippen LogP contribution in [0.25, 0.3) is 11.2 Å². The van der Waals surface area contributed by atoms with E-state index in [0.717, 1.165) is 12.8 Å². The molecule has 0 aliphatic heterocycles. The van der Waals surface area contributed by atoms with Crippen molar-refractivity contribution in [2.45, 2.75) is 43.1 Å². The van der Waals surface area contributed by atoms with Gasteiger partial charge in [-0.3, -0.25) is 4.72 Å². The number of hydrogen-bond acceptors (Lipinski definition) is 10. The van der Waals surface area contributed by atoms with E-state index in [-0.39, 0.29) is 23.7 Å². The number of H-pyrrole nitrogens is 1. The molecule has 0 atom stereocenters. The lowest BCUT2D eigenvalue weighted by Gasteiger charge is -2.21. The largest absolute Gasteiger partial charge is 0.449 e. The topological polar surface area (TPSA) is 144 Å². The van der Waals surface area contributed by atoms with Gasteiger partial charge in [0.05, 0.1) is 17.3 Å². The Balaban J connectivity index is 1.27. The van der Waals surface area contributed by atoms with E-state index in [0.29, 0.717) is 27.9 Å². The van der Waals surface area contributed by atoms with Crippen LogP contribution in [0.2, 0.25) is 0 Å². The van der Waals surface area contributed by atoms with E-state index in [1.165, 1.54) is 55.3 Å². The molecule has 1 aliphatic carbocycles. The highest BCUT2D eigenvalue weighted by Gasteiger charge is 2.17. The second kappa shape index (κ2) is 9.91. The summed E-state index contributed by atoms with van der Waals surface area (Å²) < 4.78 is 39.1. The van der Waals surface area contributed by atoms with Crippen molar-refractivity contribution < 1.29 is 17.9 Å². The molecule has 0 spiro atoms. The molecule has 3 aromatic heterocycles. The number of anilines is 3. The highest BCUT2D eigenvalue weighted by molar-refractivity contribution is 7.93. The van der Waals surface area contributed by atoms with Crippen LogP contribution in [0.15, 0.2) is 47.1 Å². The Hall–Kier alpha value is -3.29. The van der Waals surface area contributed by atoms with Gasteiger partial charge in [-0.15, -0.1) is 11.3 Å². The van der Waals surface area contributed by atoms with Crippen LogP contribution >= 0.6 is 11.3 Å². The van der Waals surface area contributed by atoms with E-state index in [1.807, 2.05) is 0 Å². The maximum absolute atomic E-state index is 12.5. The maximum Gasteiger partial charge on any atom is 0.263 e. The highest BCUT2D eigenvalue weighted by atomic mass is 32.2. The zero-order valence-corrected chi connectivity index (χ0v) is 19.7. The predicted octanol–water partition coefficient (Wildman–Crippen LogP) is 4.04. The molecule has 5 rings (SSSR count). The third-order valence-electron chi connectivity index (χ3n) is 5.37. The minimum atomic E-state index is -3.73. The minimum absolute atomic E-state index is 0.0851. The van der Waals surface area contributed by atoms with Crippen molar-refractivity contribution in [2.24, 2.45) is 0 Å². The molecule has 34 heavy (non-hydrogen) atoms. The molecular weight excluding hydrogens is 478 g/mol. The van der Waals surface area contributed by atoms with Gasteiger partial charge in [0.1, 0.15) is 0 Å². The highest BCUT2D eigenvalue weighted by Crippen LogP contribution is 2.25. The van der Waals surface area contributed by atoms with E-state index < -0.39 is 10.0 Å². The van der Waals surface area contributed by atoms with Crippen LogP contribution in [0.5, 0.6) is 5.88 Å². The zero-order valence-electron chi connectivity index (χ0n) is 18.1. The molecule has 1 fully saturated rings. The van der Waals surface area contributed by atoms with Crippen LogP contribution < -0.4 is 14.8 Å². The summed E-state index contributed by atoms with van der Waals surface area (Å²) in [6.07, 6.45) is 8.96. The van der Waals surface area contributed by atoms with Crippen molar-refractivity contribution in [1.82, 2.24) is 24.9 Å². The number of fused-ring (bicyclic) bond motifs is 1. The minimum Gasteiger partial charge on any atom is -0.449 e. The lowest BCUT2D eigenvalue weighted by molar-refractivity contribution is -0.0507. The standard InChI is InChI=1S/C21H23N7O4S2/c29-34(30,28-21-22-10-11-33-21)16-8-6-14(7-9-16)25-20-26-18-17(23-12-24-18)19(27-20)32-13-31-15-4-2-1-3-5-15/h6-12,15H,1-5,13H2,(H,22,28)(H2,23,24,25,26,27). The predicted molar refractivity (Wildman–Crippen MR) is 128 cm³/mol. The van der Waals surface area contributed by atoms with Crippen molar-refractivity contribution in [3.05, 3.63) is 42.2 Å². The zero-order chi connectivity index (χ0) is 23.4. The van der Waals surface area contributed by atoms with Crippen molar-refractivity contribution in [2.75, 3.05) is 16.8 Å². The number of aromatic amines is 1. The molecule has 3 N–H and O–H groups in total. The van der Waals surface area contributed by atoms with Crippen molar-refractivity contribution in [3.63, 3.8) is 0 Å². The van der Waals surface area contributed by atoms with Gasteiger partial charge in [0.15, 0.2) is 23.1 Å². The van der Waals surface area contributed by atoms with E-state index in [2.05, 4.69) is 35.0 Å². The van der Waals surface area contributed by atoms with Gasteiger partial charge in [0, 0.05) is 17.3 Å². The number of sulfonamides is 1. The Morgan fingerprint density at radius 2 is 1.91 bits per heavy atom. The summed E-state index contributed by atoms with van der Waals surface area (Å²) in [5, 5.41) is 5.08. The number of hydrogen-bond donors (Lipinski definition) is 3. The fourth-order valence-corrected chi connectivity index (χ4v) is 5.47. The molecule has 13 heteroatoms. The molecule has 0 amide bonds. The van der Waals surface area contributed by atoms with Gasteiger partial charge in [-0.05, 0) is 37.1 Å². The number of nitrogens with one attached hydrogen (secondary N) is 3. The second-order valence-electron chi connectivity index (χ2n) is 7.73. The lowest BCUT2D eigenvalue weighted by Crippen LogP contribution is -2.19. The van der Waals surface area contributed by atoms with Crippen LogP contribution in [0, 0.1) is 0 Å². The third-order valence-corrected chi connectivity index (χ3v) is 7.55. The van der Waals surface area contributed by atoms with Crippen molar-refractivity contribution in [3.8, 4) is 5.88 Å². The van der Waals surface area contributed by atoms with Crippen LogP contribution in [-0.2, 0) is 14.8 Å². The molecule has 11 nitrogen and oxygen atoms in total. The van der Waals surface area contributed by atoms with Gasteiger partial charge >= 0.3 is 0 Å². The normalized spacial score (nSPS) is 14.8. The van der Waals surface area contributed by atoms with Gasteiger partial charge in [-0.2, -0.15) is 9.97 Å². The maximum atomic E-state index is 12.5. The molecule has 0 bridgehead atoms. The Bertz CT molecular complexity index is 1340. The average molecular weight is 502 g/mol. The van der Waals surface area contributed by atoms with Crippen LogP contribution in [-0.4, -0.2) is 46.2 Å². The summed E-state index contributed by atoms with van der Waals surface area (Å²) in [5.74, 6) is 0.581. The van der Waals surface area contributed by atoms with Crippen LogP contribution in [0.1, 0.15) is 32.1 Å². The van der Waals surface area contributed by atoms with Gasteiger partial charge in [0.25, 0.3) is 10.0 Å². The summed E-state index contributed by atoms with van der Waals surface area (Å²) in [6, 6.07) is 6.23. The number of aromatic nitrogens is 5. The number of imidazole rings is 1. The first-order chi connectivity index (χ1) is 16.6. The molecule has 3 heterocycles. The number of nitrogens with zero attached hydrogens (tertiary/aromatic N) is 4. The van der Waals surface area contributed by atoms with Gasteiger partial charge < -0.3 is 19.8 Å².